The Hall–Kier alpha value is -2.29. The maximum absolute atomic E-state index is 11.8. The summed E-state index contributed by atoms with van der Waals surface area (Å²) in [6, 6.07) is 5.67. The number of nitrogens with zero attached hydrogens (tertiary/aromatic N) is 3. The Kier molecular flexibility index (Phi) is 4.99. The third-order valence-corrected chi connectivity index (χ3v) is 3.23. The number of halogens is 2. The molecule has 110 valence electrons. The van der Waals surface area contributed by atoms with Gasteiger partial charge in [0.05, 0.1) is 4.92 Å². The van der Waals surface area contributed by atoms with Crippen LogP contribution in [0.3, 0.4) is 0 Å². The summed E-state index contributed by atoms with van der Waals surface area (Å²) in [5, 5.41) is 18.4. The van der Waals surface area contributed by atoms with Gasteiger partial charge in [-0.2, -0.15) is 8.78 Å². The third-order valence-electron chi connectivity index (χ3n) is 2.37. The Balaban J connectivity index is 1.99. The first kappa shape index (κ1) is 15.1. The molecule has 0 spiro atoms. The standard InChI is InChI=1S/C12H9F2N3O3S/c13-10(14)2-1-7-21-12-16-15-11(20-12)8-3-5-9(6-4-8)17(18)19/h2-6H,1,7H2. The third kappa shape index (κ3) is 4.35. The van der Waals surface area contributed by atoms with E-state index in [4.69, 9.17) is 4.42 Å². The van der Waals surface area contributed by atoms with E-state index in [0.29, 0.717) is 11.3 Å². The average Bonchev–Trinajstić information content (AvgIpc) is 2.92. The summed E-state index contributed by atoms with van der Waals surface area (Å²) in [5.41, 5.74) is 0.516. The topological polar surface area (TPSA) is 82.1 Å². The summed E-state index contributed by atoms with van der Waals surface area (Å²) in [4.78, 5) is 10.0. The van der Waals surface area contributed by atoms with Crippen molar-refractivity contribution in [2.45, 2.75) is 11.6 Å². The first-order valence-corrected chi connectivity index (χ1v) is 6.77. The number of hydrogen-bond acceptors (Lipinski definition) is 6. The molecule has 2 rings (SSSR count). The van der Waals surface area contributed by atoms with Gasteiger partial charge in [-0.3, -0.25) is 10.1 Å². The van der Waals surface area contributed by atoms with Crippen LogP contribution in [-0.4, -0.2) is 20.9 Å². The SMILES string of the molecule is O=[N+]([O-])c1ccc(-c2nnc(SCCC=C(F)F)o2)cc1. The Bertz CT molecular complexity index is 654. The Morgan fingerprint density at radius 1 is 1.33 bits per heavy atom. The van der Waals surface area contributed by atoms with Crippen molar-refractivity contribution in [1.29, 1.82) is 0 Å². The van der Waals surface area contributed by atoms with Crippen molar-refractivity contribution < 1.29 is 18.1 Å². The highest BCUT2D eigenvalue weighted by Gasteiger charge is 2.11. The van der Waals surface area contributed by atoms with Gasteiger partial charge in [-0.05, 0) is 24.6 Å². The molecule has 1 heterocycles. The second-order valence-electron chi connectivity index (χ2n) is 3.81. The largest absolute Gasteiger partial charge is 0.411 e. The first-order valence-electron chi connectivity index (χ1n) is 5.78. The van der Waals surface area contributed by atoms with E-state index >= 15 is 0 Å². The molecule has 2 aromatic rings. The molecule has 1 aromatic carbocycles. The van der Waals surface area contributed by atoms with Gasteiger partial charge in [-0.1, -0.05) is 11.8 Å². The molecule has 0 saturated carbocycles. The first-order chi connectivity index (χ1) is 10.1. The molecule has 0 aliphatic carbocycles. The van der Waals surface area contributed by atoms with Crippen LogP contribution in [0.2, 0.25) is 0 Å². The van der Waals surface area contributed by atoms with E-state index in [-0.39, 0.29) is 23.2 Å². The quantitative estimate of drug-likeness (QED) is 0.348. The predicted molar refractivity (Wildman–Crippen MR) is 72.0 cm³/mol. The molecule has 0 unspecified atom stereocenters. The normalized spacial score (nSPS) is 10.4. The number of rotatable bonds is 6. The van der Waals surface area contributed by atoms with Gasteiger partial charge in [0.1, 0.15) is 0 Å². The molecule has 1 aromatic heterocycles. The number of aromatic nitrogens is 2. The second-order valence-corrected chi connectivity index (χ2v) is 4.85. The molecule has 9 heteroatoms. The molecule has 0 amide bonds. The van der Waals surface area contributed by atoms with Crippen molar-refractivity contribution in [2.75, 3.05) is 5.75 Å². The highest BCUT2D eigenvalue weighted by Crippen LogP contribution is 2.25. The second kappa shape index (κ2) is 6.93. The molecule has 6 nitrogen and oxygen atoms in total. The minimum absolute atomic E-state index is 0.0344. The van der Waals surface area contributed by atoms with E-state index in [1.807, 2.05) is 0 Å². The highest BCUT2D eigenvalue weighted by molar-refractivity contribution is 7.99. The van der Waals surface area contributed by atoms with Crippen LogP contribution in [0.15, 0.2) is 46.1 Å². The van der Waals surface area contributed by atoms with E-state index in [2.05, 4.69) is 10.2 Å². The van der Waals surface area contributed by atoms with Crippen molar-refractivity contribution >= 4 is 17.4 Å². The van der Waals surface area contributed by atoms with Gasteiger partial charge in [-0.15, -0.1) is 10.2 Å². The fourth-order valence-electron chi connectivity index (χ4n) is 1.42. The molecule has 0 aliphatic rings. The Morgan fingerprint density at radius 2 is 2.05 bits per heavy atom. The summed E-state index contributed by atoms with van der Waals surface area (Å²) in [6.07, 6.45) is -0.698. The average molecular weight is 313 g/mol. The summed E-state index contributed by atoms with van der Waals surface area (Å²) < 4.78 is 29.0. The number of nitro groups is 1. The van der Waals surface area contributed by atoms with Gasteiger partial charge in [-0.25, -0.2) is 0 Å². The zero-order valence-electron chi connectivity index (χ0n) is 10.5. The van der Waals surface area contributed by atoms with E-state index in [0.717, 1.165) is 17.8 Å². The molecule has 0 atom stereocenters. The van der Waals surface area contributed by atoms with Gasteiger partial charge in [0.25, 0.3) is 17.0 Å². The van der Waals surface area contributed by atoms with E-state index in [1.165, 1.54) is 24.3 Å². The van der Waals surface area contributed by atoms with Gasteiger partial charge >= 0.3 is 0 Å². The molecule has 0 saturated heterocycles. The smallest absolute Gasteiger partial charge is 0.276 e. The van der Waals surface area contributed by atoms with Gasteiger partial charge in [0.15, 0.2) is 0 Å². The lowest BCUT2D eigenvalue weighted by Gasteiger charge is -1.94. The van der Waals surface area contributed by atoms with E-state index < -0.39 is 11.0 Å². The van der Waals surface area contributed by atoms with Gasteiger partial charge in [0.2, 0.25) is 5.89 Å². The molecular weight excluding hydrogens is 304 g/mol. The van der Waals surface area contributed by atoms with Crippen molar-refractivity contribution in [3.8, 4) is 11.5 Å². The van der Waals surface area contributed by atoms with Crippen molar-refractivity contribution in [2.24, 2.45) is 0 Å². The summed E-state index contributed by atoms with van der Waals surface area (Å²) in [7, 11) is 0. The van der Waals surface area contributed by atoms with E-state index in [1.54, 1.807) is 0 Å². The lowest BCUT2D eigenvalue weighted by molar-refractivity contribution is -0.384. The molecule has 0 fully saturated rings. The fraction of sp³-hybridized carbons (Fsp3) is 0.167. The van der Waals surface area contributed by atoms with E-state index in [9.17, 15) is 18.9 Å². The highest BCUT2D eigenvalue weighted by atomic mass is 32.2. The summed E-state index contributed by atoms with van der Waals surface area (Å²) in [6.45, 7) is 0. The lowest BCUT2D eigenvalue weighted by Crippen LogP contribution is -1.87. The monoisotopic (exact) mass is 313 g/mol. The fourth-order valence-corrected chi connectivity index (χ4v) is 2.07. The summed E-state index contributed by atoms with van der Waals surface area (Å²) >= 11 is 1.16. The number of nitro benzene ring substituents is 1. The number of non-ortho nitro benzene ring substituents is 1. The minimum Gasteiger partial charge on any atom is -0.411 e. The van der Waals surface area contributed by atoms with Crippen LogP contribution in [0.1, 0.15) is 6.42 Å². The number of hydrogen-bond donors (Lipinski definition) is 0. The number of allylic oxidation sites excluding steroid dienone is 1. The predicted octanol–water partition coefficient (Wildman–Crippen LogP) is 3.91. The maximum atomic E-state index is 11.8. The maximum Gasteiger partial charge on any atom is 0.276 e. The van der Waals surface area contributed by atoms with Crippen LogP contribution in [0.25, 0.3) is 11.5 Å². The molecule has 0 radical (unpaired) electrons. The molecule has 0 bridgehead atoms. The minimum atomic E-state index is -1.72. The Morgan fingerprint density at radius 3 is 2.67 bits per heavy atom. The van der Waals surface area contributed by atoms with Crippen LogP contribution in [-0.2, 0) is 0 Å². The van der Waals surface area contributed by atoms with Crippen molar-refractivity contribution in [3.63, 3.8) is 0 Å². The van der Waals surface area contributed by atoms with Crippen molar-refractivity contribution in [3.05, 3.63) is 46.5 Å². The van der Waals surface area contributed by atoms with Gasteiger partial charge in [0, 0.05) is 23.4 Å². The van der Waals surface area contributed by atoms with Gasteiger partial charge < -0.3 is 4.42 Å². The van der Waals surface area contributed by atoms with Crippen LogP contribution < -0.4 is 0 Å². The van der Waals surface area contributed by atoms with Crippen LogP contribution in [0.5, 0.6) is 0 Å². The molecular formula is C12H9F2N3O3S. The molecule has 0 N–H and O–H groups in total. The summed E-state index contributed by atoms with van der Waals surface area (Å²) in [5.74, 6) is 0.610. The van der Waals surface area contributed by atoms with Crippen LogP contribution in [0.4, 0.5) is 14.5 Å². The van der Waals surface area contributed by atoms with Crippen LogP contribution >= 0.6 is 11.8 Å². The molecule has 0 aliphatic heterocycles. The van der Waals surface area contributed by atoms with Crippen LogP contribution in [0, 0.1) is 10.1 Å². The Labute approximate surface area is 122 Å². The molecule has 21 heavy (non-hydrogen) atoms. The van der Waals surface area contributed by atoms with Crippen molar-refractivity contribution in [1.82, 2.24) is 10.2 Å². The number of benzene rings is 1. The zero-order chi connectivity index (χ0) is 15.2. The zero-order valence-corrected chi connectivity index (χ0v) is 11.3. The number of thioether (sulfide) groups is 1. The lowest BCUT2D eigenvalue weighted by atomic mass is 10.2.